The molecule has 0 spiro atoms. The van der Waals surface area contributed by atoms with Crippen molar-refractivity contribution < 1.29 is 13.9 Å². The van der Waals surface area contributed by atoms with Crippen LogP contribution in [0.25, 0.3) is 0 Å². The SMILES string of the molecule is COc1cc(NC2CCS(=O)CC2)ccc1[N+](=O)[O-]. The standard InChI is InChI=1S/C12H16N2O4S/c1-18-12-8-10(2-3-11(12)14(15)16)13-9-4-6-19(17)7-5-9/h2-3,8-9,13H,4-7H2,1H3. The number of anilines is 1. The summed E-state index contributed by atoms with van der Waals surface area (Å²) in [6, 6.07) is 5.00. The molecule has 104 valence electrons. The normalized spacial score (nSPS) is 22.8. The molecule has 1 heterocycles. The molecule has 19 heavy (non-hydrogen) atoms. The van der Waals surface area contributed by atoms with Crippen LogP contribution < -0.4 is 10.1 Å². The minimum atomic E-state index is -0.689. The maximum Gasteiger partial charge on any atom is 0.311 e. The third-order valence-corrected chi connectivity index (χ3v) is 4.52. The molecule has 0 radical (unpaired) electrons. The Morgan fingerprint density at radius 3 is 2.68 bits per heavy atom. The number of nitro benzene ring substituents is 1. The summed E-state index contributed by atoms with van der Waals surface area (Å²) in [5.41, 5.74) is 0.748. The van der Waals surface area contributed by atoms with E-state index in [0.29, 0.717) is 11.5 Å². The Labute approximate surface area is 113 Å². The summed E-state index contributed by atoms with van der Waals surface area (Å²) >= 11 is 0. The molecule has 1 aromatic carbocycles. The molecule has 6 nitrogen and oxygen atoms in total. The van der Waals surface area contributed by atoms with Crippen molar-refractivity contribution in [1.29, 1.82) is 0 Å². The highest BCUT2D eigenvalue weighted by Crippen LogP contribution is 2.30. The summed E-state index contributed by atoms with van der Waals surface area (Å²) < 4.78 is 16.3. The number of ether oxygens (including phenoxy) is 1. The minimum Gasteiger partial charge on any atom is -0.490 e. The largest absolute Gasteiger partial charge is 0.490 e. The summed E-state index contributed by atoms with van der Waals surface area (Å²) in [5, 5.41) is 14.1. The van der Waals surface area contributed by atoms with Crippen LogP contribution >= 0.6 is 0 Å². The highest BCUT2D eigenvalue weighted by Gasteiger charge is 2.19. The smallest absolute Gasteiger partial charge is 0.311 e. The van der Waals surface area contributed by atoms with E-state index in [-0.39, 0.29) is 17.5 Å². The Hall–Kier alpha value is -1.63. The van der Waals surface area contributed by atoms with Gasteiger partial charge in [-0.25, -0.2) is 0 Å². The van der Waals surface area contributed by atoms with Gasteiger partial charge in [0.1, 0.15) is 0 Å². The van der Waals surface area contributed by atoms with Crippen molar-refractivity contribution in [3.8, 4) is 5.75 Å². The van der Waals surface area contributed by atoms with E-state index in [9.17, 15) is 14.3 Å². The van der Waals surface area contributed by atoms with E-state index in [1.807, 2.05) is 0 Å². The maximum atomic E-state index is 11.3. The van der Waals surface area contributed by atoms with Gasteiger partial charge in [0.05, 0.1) is 12.0 Å². The maximum absolute atomic E-state index is 11.3. The first kappa shape index (κ1) is 13.8. The fourth-order valence-electron chi connectivity index (χ4n) is 2.09. The molecular formula is C12H16N2O4S. The van der Waals surface area contributed by atoms with Gasteiger partial charge in [0.2, 0.25) is 0 Å². The summed E-state index contributed by atoms with van der Waals surface area (Å²) in [6.45, 7) is 0. The van der Waals surface area contributed by atoms with E-state index in [4.69, 9.17) is 4.74 Å². The van der Waals surface area contributed by atoms with Gasteiger partial charge in [0.25, 0.3) is 0 Å². The zero-order valence-corrected chi connectivity index (χ0v) is 11.4. The van der Waals surface area contributed by atoms with E-state index in [0.717, 1.165) is 18.5 Å². The van der Waals surface area contributed by atoms with Gasteiger partial charge in [0.15, 0.2) is 5.75 Å². The number of rotatable bonds is 4. The Kier molecular flexibility index (Phi) is 4.36. The van der Waals surface area contributed by atoms with Gasteiger partial charge in [-0.3, -0.25) is 14.3 Å². The predicted octanol–water partition coefficient (Wildman–Crippen LogP) is 1.93. The Balaban J connectivity index is 2.09. The first-order chi connectivity index (χ1) is 9.10. The molecule has 0 aromatic heterocycles. The Morgan fingerprint density at radius 2 is 2.11 bits per heavy atom. The first-order valence-corrected chi connectivity index (χ1v) is 7.53. The van der Waals surface area contributed by atoms with Gasteiger partial charge >= 0.3 is 5.69 Å². The number of benzene rings is 1. The van der Waals surface area contributed by atoms with Gasteiger partial charge in [-0.1, -0.05) is 0 Å². The van der Waals surface area contributed by atoms with E-state index < -0.39 is 15.7 Å². The lowest BCUT2D eigenvalue weighted by molar-refractivity contribution is -0.385. The molecular weight excluding hydrogens is 268 g/mol. The van der Waals surface area contributed by atoms with E-state index >= 15 is 0 Å². The molecule has 7 heteroatoms. The molecule has 0 unspecified atom stereocenters. The average Bonchev–Trinajstić information content (AvgIpc) is 2.41. The lowest BCUT2D eigenvalue weighted by Crippen LogP contribution is -2.29. The van der Waals surface area contributed by atoms with Crippen LogP contribution in [0.1, 0.15) is 12.8 Å². The number of nitro groups is 1. The van der Waals surface area contributed by atoms with Crippen molar-refractivity contribution in [2.45, 2.75) is 18.9 Å². The van der Waals surface area contributed by atoms with Crippen LogP contribution in [0.5, 0.6) is 5.75 Å². The lowest BCUT2D eigenvalue weighted by Gasteiger charge is -2.23. The van der Waals surface area contributed by atoms with Gasteiger partial charge < -0.3 is 10.1 Å². The van der Waals surface area contributed by atoms with Crippen LogP contribution in [0.3, 0.4) is 0 Å². The van der Waals surface area contributed by atoms with E-state index in [1.165, 1.54) is 13.2 Å². The predicted molar refractivity (Wildman–Crippen MR) is 74.2 cm³/mol. The Bertz CT molecular complexity index is 497. The number of hydrogen-bond acceptors (Lipinski definition) is 5. The number of hydrogen-bond donors (Lipinski definition) is 1. The molecule has 1 saturated heterocycles. The third-order valence-electron chi connectivity index (χ3n) is 3.14. The topological polar surface area (TPSA) is 81.5 Å². The molecule has 1 aliphatic heterocycles. The van der Waals surface area contributed by atoms with Crippen molar-refractivity contribution in [3.05, 3.63) is 28.3 Å². The van der Waals surface area contributed by atoms with Crippen LogP contribution in [0.15, 0.2) is 18.2 Å². The van der Waals surface area contributed by atoms with Crippen LogP contribution in [0.4, 0.5) is 11.4 Å². The zero-order chi connectivity index (χ0) is 13.8. The molecule has 0 atom stereocenters. The van der Waals surface area contributed by atoms with E-state index in [1.54, 1.807) is 12.1 Å². The molecule has 2 rings (SSSR count). The first-order valence-electron chi connectivity index (χ1n) is 6.04. The molecule has 0 saturated carbocycles. The second kappa shape index (κ2) is 6.01. The summed E-state index contributed by atoms with van der Waals surface area (Å²) in [7, 11) is 0.724. The number of nitrogens with one attached hydrogen (secondary N) is 1. The van der Waals surface area contributed by atoms with Crippen LogP contribution in [0.2, 0.25) is 0 Å². The molecule has 1 fully saturated rings. The fourth-order valence-corrected chi connectivity index (χ4v) is 3.39. The highest BCUT2D eigenvalue weighted by atomic mass is 32.2. The summed E-state index contributed by atoms with van der Waals surface area (Å²) in [6.07, 6.45) is 1.71. The molecule has 1 aromatic rings. The van der Waals surface area contributed by atoms with Gasteiger partial charge in [0, 0.05) is 46.2 Å². The lowest BCUT2D eigenvalue weighted by atomic mass is 10.1. The fraction of sp³-hybridized carbons (Fsp3) is 0.500. The van der Waals surface area contributed by atoms with Crippen molar-refractivity contribution in [3.63, 3.8) is 0 Å². The monoisotopic (exact) mass is 284 g/mol. The highest BCUT2D eigenvalue weighted by molar-refractivity contribution is 7.85. The average molecular weight is 284 g/mol. The summed E-state index contributed by atoms with van der Waals surface area (Å²) in [5.74, 6) is 1.67. The quantitative estimate of drug-likeness (QED) is 0.675. The molecule has 0 amide bonds. The van der Waals surface area contributed by atoms with Gasteiger partial charge in [-0.2, -0.15) is 0 Å². The second-order valence-electron chi connectivity index (χ2n) is 4.41. The molecule has 1 aliphatic rings. The van der Waals surface area contributed by atoms with Crippen LogP contribution in [-0.2, 0) is 10.8 Å². The van der Waals surface area contributed by atoms with Gasteiger partial charge in [-0.05, 0) is 18.9 Å². The van der Waals surface area contributed by atoms with Crippen molar-refractivity contribution in [1.82, 2.24) is 0 Å². The molecule has 0 aliphatic carbocycles. The third kappa shape index (κ3) is 3.44. The summed E-state index contributed by atoms with van der Waals surface area (Å²) in [4.78, 5) is 10.3. The molecule has 0 bridgehead atoms. The number of nitrogens with zero attached hydrogens (tertiary/aromatic N) is 1. The van der Waals surface area contributed by atoms with E-state index in [2.05, 4.69) is 5.32 Å². The van der Waals surface area contributed by atoms with Crippen molar-refractivity contribution in [2.75, 3.05) is 23.9 Å². The second-order valence-corrected chi connectivity index (χ2v) is 6.11. The zero-order valence-electron chi connectivity index (χ0n) is 10.6. The molecule has 1 N–H and O–H groups in total. The van der Waals surface area contributed by atoms with Crippen LogP contribution in [0, 0.1) is 10.1 Å². The van der Waals surface area contributed by atoms with Crippen molar-refractivity contribution in [2.24, 2.45) is 0 Å². The van der Waals surface area contributed by atoms with Crippen LogP contribution in [-0.4, -0.2) is 33.8 Å². The number of methoxy groups -OCH3 is 1. The van der Waals surface area contributed by atoms with Gasteiger partial charge in [-0.15, -0.1) is 0 Å². The Morgan fingerprint density at radius 1 is 1.42 bits per heavy atom. The van der Waals surface area contributed by atoms with Crippen molar-refractivity contribution >= 4 is 22.2 Å². The minimum absolute atomic E-state index is 0.0437.